The molecule has 6 nitrogen and oxygen atoms in total. The Kier molecular flexibility index (Phi) is 11.7. The van der Waals surface area contributed by atoms with E-state index < -0.39 is 5.97 Å². The summed E-state index contributed by atoms with van der Waals surface area (Å²) in [7, 11) is 2.11. The molecule has 0 unspecified atom stereocenters. The molecular formula is C37H45N3O3S. The lowest BCUT2D eigenvalue weighted by atomic mass is 9.90. The number of hydroxylamine groups is 2. The highest BCUT2D eigenvalue weighted by molar-refractivity contribution is 7.09. The van der Waals surface area contributed by atoms with Crippen LogP contribution in [-0.2, 0) is 22.7 Å². The van der Waals surface area contributed by atoms with Crippen molar-refractivity contribution in [2.24, 2.45) is 0 Å². The van der Waals surface area contributed by atoms with Crippen molar-refractivity contribution in [1.82, 2.24) is 10.0 Å². The van der Waals surface area contributed by atoms with Crippen LogP contribution in [0.5, 0.6) is 0 Å². The third-order valence-corrected chi connectivity index (χ3v) is 8.70. The van der Waals surface area contributed by atoms with E-state index in [4.69, 9.17) is 9.82 Å². The summed E-state index contributed by atoms with van der Waals surface area (Å²) in [5.74, 6) is 0.0820. The Morgan fingerprint density at radius 2 is 1.45 bits per heavy atom. The number of thiazole rings is 1. The second-order valence-corrected chi connectivity index (χ2v) is 12.7. The van der Waals surface area contributed by atoms with Gasteiger partial charge in [-0.05, 0) is 65.6 Å². The first-order valence-corrected chi connectivity index (χ1v) is 16.5. The van der Waals surface area contributed by atoms with Crippen molar-refractivity contribution in [3.05, 3.63) is 105 Å². The normalized spacial score (nSPS) is 11.2. The van der Waals surface area contributed by atoms with Crippen LogP contribution in [0.4, 0.5) is 5.69 Å². The second-order valence-electron chi connectivity index (χ2n) is 11.7. The minimum atomic E-state index is -0.554. The maximum Gasteiger partial charge on any atom is 0.329 e. The molecule has 44 heavy (non-hydrogen) atoms. The SMILES string of the molecule is CCCC(CCC)c1ccc(CN(C)c2ccc(-c3csc(CN(OC(C)=O)C(=O)c4ccc(C(C)C)cc4)n3)cc2)cc1. The van der Waals surface area contributed by atoms with Crippen LogP contribution in [0.3, 0.4) is 0 Å². The summed E-state index contributed by atoms with van der Waals surface area (Å²) in [4.78, 5) is 37.3. The quantitative estimate of drug-likeness (QED) is 0.141. The Hall–Kier alpha value is -3.97. The molecule has 0 saturated carbocycles. The summed E-state index contributed by atoms with van der Waals surface area (Å²) >= 11 is 1.43. The van der Waals surface area contributed by atoms with Gasteiger partial charge in [0.1, 0.15) is 11.6 Å². The predicted molar refractivity (Wildman–Crippen MR) is 181 cm³/mol. The summed E-state index contributed by atoms with van der Waals surface area (Å²) in [6.07, 6.45) is 4.92. The zero-order chi connectivity index (χ0) is 31.6. The van der Waals surface area contributed by atoms with Gasteiger partial charge in [-0.25, -0.2) is 4.98 Å². The van der Waals surface area contributed by atoms with Crippen molar-refractivity contribution < 1.29 is 14.4 Å². The summed E-state index contributed by atoms with van der Waals surface area (Å²) in [5, 5.41) is 3.74. The van der Waals surface area contributed by atoms with Gasteiger partial charge in [-0.3, -0.25) is 9.59 Å². The summed E-state index contributed by atoms with van der Waals surface area (Å²) < 4.78 is 0. The van der Waals surface area contributed by atoms with Crippen LogP contribution in [-0.4, -0.2) is 29.0 Å². The second kappa shape index (κ2) is 15.7. The van der Waals surface area contributed by atoms with Gasteiger partial charge in [0, 0.05) is 42.7 Å². The molecule has 0 atom stereocenters. The zero-order valence-corrected chi connectivity index (χ0v) is 27.7. The highest BCUT2D eigenvalue weighted by Crippen LogP contribution is 2.28. The minimum absolute atomic E-state index is 0.0757. The van der Waals surface area contributed by atoms with Crippen molar-refractivity contribution in [3.8, 4) is 11.3 Å². The molecule has 7 heteroatoms. The fourth-order valence-electron chi connectivity index (χ4n) is 5.42. The molecule has 0 N–H and O–H groups in total. The molecule has 0 radical (unpaired) electrons. The molecule has 4 aromatic rings. The lowest BCUT2D eigenvalue weighted by Crippen LogP contribution is -2.32. The van der Waals surface area contributed by atoms with Gasteiger partial charge in [0.25, 0.3) is 5.91 Å². The van der Waals surface area contributed by atoms with E-state index in [1.54, 1.807) is 12.1 Å². The number of amides is 1. The fraction of sp³-hybridized carbons (Fsp3) is 0.378. The van der Waals surface area contributed by atoms with Gasteiger partial charge < -0.3 is 9.74 Å². The van der Waals surface area contributed by atoms with E-state index in [1.165, 1.54) is 55.1 Å². The largest absolute Gasteiger partial charge is 0.370 e. The number of anilines is 1. The first-order valence-electron chi connectivity index (χ1n) is 15.6. The third kappa shape index (κ3) is 8.79. The Balaban J connectivity index is 1.40. The van der Waals surface area contributed by atoms with Crippen LogP contribution in [0.2, 0.25) is 0 Å². The smallest absolute Gasteiger partial charge is 0.329 e. The van der Waals surface area contributed by atoms with E-state index in [0.29, 0.717) is 22.4 Å². The number of benzene rings is 3. The van der Waals surface area contributed by atoms with Gasteiger partial charge in [0.15, 0.2) is 0 Å². The number of nitrogens with zero attached hydrogens (tertiary/aromatic N) is 3. The Bertz CT molecular complexity index is 1490. The average Bonchev–Trinajstić information content (AvgIpc) is 3.49. The first kappa shape index (κ1) is 32.9. The molecule has 3 aromatic carbocycles. The summed E-state index contributed by atoms with van der Waals surface area (Å²) in [6.45, 7) is 10.9. The lowest BCUT2D eigenvalue weighted by molar-refractivity contribution is -0.177. The number of carbonyl (C=O) groups excluding carboxylic acids is 2. The Morgan fingerprint density at radius 3 is 2.02 bits per heavy atom. The molecule has 1 amide bonds. The van der Waals surface area contributed by atoms with Gasteiger partial charge in [0.05, 0.1) is 5.69 Å². The third-order valence-electron chi connectivity index (χ3n) is 7.87. The highest BCUT2D eigenvalue weighted by Gasteiger charge is 2.22. The zero-order valence-electron chi connectivity index (χ0n) is 26.9. The van der Waals surface area contributed by atoms with Crippen molar-refractivity contribution in [2.75, 3.05) is 11.9 Å². The molecule has 0 aliphatic rings. The van der Waals surface area contributed by atoms with Gasteiger partial charge >= 0.3 is 5.97 Å². The van der Waals surface area contributed by atoms with Gasteiger partial charge in [-0.15, -0.1) is 11.3 Å². The number of aromatic nitrogens is 1. The molecule has 1 aromatic heterocycles. The van der Waals surface area contributed by atoms with Crippen LogP contribution in [0.15, 0.2) is 78.2 Å². The van der Waals surface area contributed by atoms with Crippen molar-refractivity contribution in [2.45, 2.75) is 85.2 Å². The Labute approximate surface area is 266 Å². The molecule has 0 aliphatic carbocycles. The van der Waals surface area contributed by atoms with Crippen LogP contribution in [0.25, 0.3) is 11.3 Å². The summed E-state index contributed by atoms with van der Waals surface area (Å²) in [6, 6.07) is 24.9. The Morgan fingerprint density at radius 1 is 0.841 bits per heavy atom. The lowest BCUT2D eigenvalue weighted by Gasteiger charge is -2.21. The van der Waals surface area contributed by atoms with Crippen LogP contribution in [0, 0.1) is 0 Å². The van der Waals surface area contributed by atoms with Crippen molar-refractivity contribution in [3.63, 3.8) is 0 Å². The van der Waals surface area contributed by atoms with Gasteiger partial charge in [0.2, 0.25) is 0 Å². The minimum Gasteiger partial charge on any atom is -0.370 e. The number of carbonyl (C=O) groups is 2. The van der Waals surface area contributed by atoms with E-state index in [2.05, 4.69) is 88.2 Å². The van der Waals surface area contributed by atoms with Crippen LogP contribution >= 0.6 is 11.3 Å². The van der Waals surface area contributed by atoms with Gasteiger partial charge in [-0.1, -0.05) is 89.1 Å². The van der Waals surface area contributed by atoms with E-state index in [9.17, 15) is 9.59 Å². The fourth-order valence-corrected chi connectivity index (χ4v) is 6.20. The molecule has 4 rings (SSSR count). The first-order chi connectivity index (χ1) is 21.2. The molecule has 0 fully saturated rings. The maximum absolute atomic E-state index is 13.2. The molecule has 0 aliphatic heterocycles. The number of hydrogen-bond acceptors (Lipinski definition) is 6. The number of hydrogen-bond donors (Lipinski definition) is 0. The molecule has 1 heterocycles. The summed E-state index contributed by atoms with van der Waals surface area (Å²) in [5.41, 5.74) is 7.27. The average molecular weight is 612 g/mol. The molecule has 0 spiro atoms. The standard InChI is InChI=1S/C37H45N3O3S/c1-7-9-30(10-8-2)31-13-11-28(12-14-31)23-39(6)34-21-19-32(20-22-34)35-25-44-36(38-35)24-40(43-27(5)41)37(42)33-17-15-29(16-18-33)26(3)4/h11-22,25-26,30H,7-10,23-24H2,1-6H3. The monoisotopic (exact) mass is 611 g/mol. The van der Waals surface area contributed by atoms with Crippen LogP contribution < -0.4 is 4.90 Å². The highest BCUT2D eigenvalue weighted by atomic mass is 32.1. The van der Waals surface area contributed by atoms with E-state index in [-0.39, 0.29) is 12.5 Å². The molecule has 232 valence electrons. The topological polar surface area (TPSA) is 62.7 Å². The van der Waals surface area contributed by atoms with Crippen molar-refractivity contribution >= 4 is 28.9 Å². The van der Waals surface area contributed by atoms with E-state index in [0.717, 1.165) is 34.1 Å². The molecular weight excluding hydrogens is 566 g/mol. The maximum atomic E-state index is 13.2. The van der Waals surface area contributed by atoms with Crippen LogP contribution in [0.1, 0.15) is 104 Å². The molecule has 0 saturated heterocycles. The molecule has 0 bridgehead atoms. The van der Waals surface area contributed by atoms with E-state index >= 15 is 0 Å². The predicted octanol–water partition coefficient (Wildman–Crippen LogP) is 9.37. The van der Waals surface area contributed by atoms with Gasteiger partial charge in [-0.2, -0.15) is 5.06 Å². The van der Waals surface area contributed by atoms with Crippen molar-refractivity contribution in [1.29, 1.82) is 0 Å². The number of rotatable bonds is 13. The van der Waals surface area contributed by atoms with E-state index in [1.807, 2.05) is 17.5 Å².